The molecule has 0 spiro atoms. The van der Waals surface area contributed by atoms with Crippen molar-refractivity contribution in [2.75, 3.05) is 12.4 Å². The Balaban J connectivity index is 0.000000810. The van der Waals surface area contributed by atoms with E-state index in [1.165, 1.54) is 11.3 Å². The summed E-state index contributed by atoms with van der Waals surface area (Å²) < 4.78 is 0. The predicted octanol–water partition coefficient (Wildman–Crippen LogP) is 2.20. The Morgan fingerprint density at radius 2 is 1.60 bits per heavy atom. The lowest BCUT2D eigenvalue weighted by molar-refractivity contribution is 1.44. The molecule has 0 unspecified atom stereocenters. The molecule has 56 valence electrons. The van der Waals surface area contributed by atoms with Crippen LogP contribution in [0.25, 0.3) is 0 Å². The zero-order valence-electron chi connectivity index (χ0n) is 6.52. The lowest BCUT2D eigenvalue weighted by Gasteiger charge is -1.97. The monoisotopic (exact) mass is 138 g/mol. The van der Waals surface area contributed by atoms with E-state index in [-0.39, 0.29) is 6.15 Å². The topological polar surface area (TPSA) is 47.0 Å². The van der Waals surface area contributed by atoms with Gasteiger partial charge >= 0.3 is 0 Å². The summed E-state index contributed by atoms with van der Waals surface area (Å²) in [6.07, 6.45) is 0. The molecule has 2 heteroatoms. The molecule has 0 aliphatic carbocycles. The largest absolute Gasteiger partial charge is 0.388 e. The molecule has 0 fully saturated rings. The Morgan fingerprint density at radius 3 is 2.00 bits per heavy atom. The second kappa shape index (κ2) is 3.90. The first kappa shape index (κ1) is 8.98. The minimum absolute atomic E-state index is 0. The van der Waals surface area contributed by atoms with E-state index in [1.807, 2.05) is 7.05 Å². The van der Waals surface area contributed by atoms with Crippen LogP contribution in [0.4, 0.5) is 5.69 Å². The van der Waals surface area contributed by atoms with Crippen molar-refractivity contribution in [2.45, 2.75) is 6.92 Å². The number of rotatable bonds is 1. The summed E-state index contributed by atoms with van der Waals surface area (Å²) in [6, 6.07) is 8.31. The summed E-state index contributed by atoms with van der Waals surface area (Å²) in [5.74, 6) is 0. The molecule has 0 heterocycles. The van der Waals surface area contributed by atoms with Crippen LogP contribution in [-0.4, -0.2) is 7.05 Å². The Morgan fingerprint density at radius 1 is 1.10 bits per heavy atom. The van der Waals surface area contributed by atoms with Crippen molar-refractivity contribution in [1.29, 1.82) is 0 Å². The fourth-order valence-electron chi connectivity index (χ4n) is 0.720. The highest BCUT2D eigenvalue weighted by atomic mass is 14.8. The van der Waals surface area contributed by atoms with Crippen LogP contribution in [0.2, 0.25) is 0 Å². The molecule has 1 aromatic rings. The highest BCUT2D eigenvalue weighted by Gasteiger charge is 1.83. The van der Waals surface area contributed by atoms with E-state index in [9.17, 15) is 0 Å². The molecule has 0 aliphatic heterocycles. The van der Waals surface area contributed by atoms with Gasteiger partial charge in [0.15, 0.2) is 0 Å². The molecule has 0 amide bonds. The number of hydrogen-bond donors (Lipinski definition) is 2. The van der Waals surface area contributed by atoms with Gasteiger partial charge < -0.3 is 11.5 Å². The lowest BCUT2D eigenvalue weighted by atomic mass is 10.2. The van der Waals surface area contributed by atoms with Crippen molar-refractivity contribution in [1.82, 2.24) is 6.15 Å². The fraction of sp³-hybridized carbons (Fsp3) is 0.250. The number of hydrogen-bond acceptors (Lipinski definition) is 2. The zero-order valence-corrected chi connectivity index (χ0v) is 6.52. The molecular weight excluding hydrogens is 124 g/mol. The molecule has 4 N–H and O–H groups in total. The van der Waals surface area contributed by atoms with Gasteiger partial charge in [0, 0.05) is 12.7 Å². The van der Waals surface area contributed by atoms with Gasteiger partial charge in [-0.05, 0) is 19.1 Å². The summed E-state index contributed by atoms with van der Waals surface area (Å²) in [5.41, 5.74) is 2.47. The molecule has 10 heavy (non-hydrogen) atoms. The SMILES string of the molecule is CNc1ccc(C)cc1.N. The number of nitrogens with one attached hydrogen (secondary N) is 1. The quantitative estimate of drug-likeness (QED) is 0.625. The van der Waals surface area contributed by atoms with Gasteiger partial charge in [-0.1, -0.05) is 17.7 Å². The van der Waals surface area contributed by atoms with Gasteiger partial charge in [0.05, 0.1) is 0 Å². The third kappa shape index (κ3) is 2.07. The number of aryl methyl sites for hydroxylation is 1. The summed E-state index contributed by atoms with van der Waals surface area (Å²) in [5, 5.41) is 3.05. The van der Waals surface area contributed by atoms with E-state index in [0.717, 1.165) is 0 Å². The van der Waals surface area contributed by atoms with E-state index in [1.54, 1.807) is 0 Å². The van der Waals surface area contributed by atoms with Gasteiger partial charge in [-0.3, -0.25) is 0 Å². The maximum atomic E-state index is 3.05. The molecule has 0 bridgehead atoms. The molecule has 0 saturated heterocycles. The van der Waals surface area contributed by atoms with Crippen LogP contribution < -0.4 is 11.5 Å². The van der Waals surface area contributed by atoms with Crippen molar-refractivity contribution in [2.24, 2.45) is 0 Å². The fourth-order valence-corrected chi connectivity index (χ4v) is 0.720. The molecule has 0 saturated carbocycles. The van der Waals surface area contributed by atoms with Gasteiger partial charge in [0.1, 0.15) is 0 Å². The van der Waals surface area contributed by atoms with Crippen LogP contribution in [0.5, 0.6) is 0 Å². The smallest absolute Gasteiger partial charge is 0.0337 e. The molecule has 0 atom stereocenters. The van der Waals surface area contributed by atoms with Crippen LogP contribution in [0.1, 0.15) is 5.56 Å². The molecule has 2 nitrogen and oxygen atoms in total. The van der Waals surface area contributed by atoms with Crippen LogP contribution in [0.15, 0.2) is 24.3 Å². The minimum atomic E-state index is 0. The third-order valence-corrected chi connectivity index (χ3v) is 1.34. The van der Waals surface area contributed by atoms with Crippen LogP contribution in [-0.2, 0) is 0 Å². The summed E-state index contributed by atoms with van der Waals surface area (Å²) in [4.78, 5) is 0. The maximum Gasteiger partial charge on any atom is 0.0337 e. The first-order chi connectivity index (χ1) is 4.33. The normalized spacial score (nSPS) is 8.20. The standard InChI is InChI=1S/C8H11N.H3N/c1-7-3-5-8(9-2)6-4-7;/h3-6,9H,1-2H3;1H3. The second-order valence-electron chi connectivity index (χ2n) is 2.12. The summed E-state index contributed by atoms with van der Waals surface area (Å²) in [6.45, 7) is 2.08. The van der Waals surface area contributed by atoms with E-state index >= 15 is 0 Å². The number of anilines is 1. The van der Waals surface area contributed by atoms with Crippen LogP contribution in [0, 0.1) is 6.92 Å². The average molecular weight is 138 g/mol. The molecule has 1 aromatic carbocycles. The maximum absolute atomic E-state index is 3.05. The average Bonchev–Trinajstić information content (AvgIpc) is 1.90. The molecular formula is C8H14N2. The first-order valence-corrected chi connectivity index (χ1v) is 3.07. The van der Waals surface area contributed by atoms with Crippen LogP contribution >= 0.6 is 0 Å². The highest BCUT2D eigenvalue weighted by molar-refractivity contribution is 5.43. The van der Waals surface area contributed by atoms with Crippen molar-refractivity contribution in [3.05, 3.63) is 29.8 Å². The van der Waals surface area contributed by atoms with Gasteiger partial charge in [-0.25, -0.2) is 0 Å². The predicted molar refractivity (Wildman–Crippen MR) is 45.7 cm³/mol. The lowest BCUT2D eigenvalue weighted by Crippen LogP contribution is -1.85. The summed E-state index contributed by atoms with van der Waals surface area (Å²) >= 11 is 0. The van der Waals surface area contributed by atoms with E-state index in [2.05, 4.69) is 36.5 Å². The molecule has 1 rings (SSSR count). The number of benzene rings is 1. The van der Waals surface area contributed by atoms with Gasteiger partial charge in [-0.15, -0.1) is 0 Å². The summed E-state index contributed by atoms with van der Waals surface area (Å²) in [7, 11) is 1.92. The van der Waals surface area contributed by atoms with Crippen molar-refractivity contribution < 1.29 is 0 Å². The Labute approximate surface area is 61.8 Å². The van der Waals surface area contributed by atoms with Gasteiger partial charge in [0.25, 0.3) is 0 Å². The second-order valence-corrected chi connectivity index (χ2v) is 2.12. The van der Waals surface area contributed by atoms with Crippen molar-refractivity contribution in [3.8, 4) is 0 Å². The van der Waals surface area contributed by atoms with E-state index in [4.69, 9.17) is 0 Å². The van der Waals surface area contributed by atoms with Crippen molar-refractivity contribution >= 4 is 5.69 Å². The van der Waals surface area contributed by atoms with Gasteiger partial charge in [0.2, 0.25) is 0 Å². The van der Waals surface area contributed by atoms with Gasteiger partial charge in [-0.2, -0.15) is 0 Å². The first-order valence-electron chi connectivity index (χ1n) is 3.07. The van der Waals surface area contributed by atoms with Crippen LogP contribution in [0.3, 0.4) is 0 Å². The zero-order chi connectivity index (χ0) is 6.69. The Kier molecular flexibility index (Phi) is 3.51. The van der Waals surface area contributed by atoms with Crippen molar-refractivity contribution in [3.63, 3.8) is 0 Å². The van der Waals surface area contributed by atoms with E-state index in [0.29, 0.717) is 0 Å². The highest BCUT2D eigenvalue weighted by Crippen LogP contribution is 2.06. The molecule has 0 radical (unpaired) electrons. The third-order valence-electron chi connectivity index (χ3n) is 1.34. The Bertz CT molecular complexity index is 179. The minimum Gasteiger partial charge on any atom is -0.388 e. The van der Waals surface area contributed by atoms with E-state index < -0.39 is 0 Å². The Hall–Kier alpha value is -1.02. The molecule has 0 aromatic heterocycles. The molecule has 0 aliphatic rings.